The Kier molecular flexibility index (Phi) is 6.28. The van der Waals surface area contributed by atoms with E-state index in [-0.39, 0.29) is 6.10 Å². The molecule has 0 saturated carbocycles. The van der Waals surface area contributed by atoms with E-state index in [9.17, 15) is 5.11 Å². The van der Waals surface area contributed by atoms with Crippen LogP contribution in [0.5, 0.6) is 0 Å². The summed E-state index contributed by atoms with van der Waals surface area (Å²) in [6.45, 7) is 4.98. The summed E-state index contributed by atoms with van der Waals surface area (Å²) in [5.41, 5.74) is 0. The summed E-state index contributed by atoms with van der Waals surface area (Å²) < 4.78 is 0. The number of piperidine rings is 1. The molecule has 0 aromatic carbocycles. The smallest absolute Gasteiger partial charge is 0.0791 e. The zero-order valence-electron chi connectivity index (χ0n) is 10.9. The molecule has 96 valence electrons. The normalized spacial score (nSPS) is 21.6. The highest BCUT2D eigenvalue weighted by atomic mass is 16.3. The minimum absolute atomic E-state index is 0.226. The molecule has 4 nitrogen and oxygen atoms in total. The van der Waals surface area contributed by atoms with E-state index in [4.69, 9.17) is 0 Å². The van der Waals surface area contributed by atoms with E-state index >= 15 is 0 Å². The zero-order valence-corrected chi connectivity index (χ0v) is 10.9. The monoisotopic (exact) mass is 229 g/mol. The number of hydrogen-bond acceptors (Lipinski definition) is 4. The third-order valence-corrected chi connectivity index (χ3v) is 3.24. The first-order chi connectivity index (χ1) is 7.61. The Morgan fingerprint density at radius 3 is 2.50 bits per heavy atom. The van der Waals surface area contributed by atoms with Crippen molar-refractivity contribution in [3.05, 3.63) is 0 Å². The molecule has 1 saturated heterocycles. The Morgan fingerprint density at radius 2 is 2.00 bits per heavy atom. The number of nitrogens with one attached hydrogen (secondary N) is 1. The number of aliphatic hydroxyl groups is 1. The maximum Gasteiger partial charge on any atom is 0.0791 e. The van der Waals surface area contributed by atoms with E-state index in [0.29, 0.717) is 6.54 Å². The molecule has 0 aliphatic carbocycles. The van der Waals surface area contributed by atoms with Gasteiger partial charge < -0.3 is 20.2 Å². The van der Waals surface area contributed by atoms with E-state index in [1.807, 2.05) is 7.05 Å². The highest BCUT2D eigenvalue weighted by molar-refractivity contribution is 4.76. The minimum Gasteiger partial charge on any atom is -0.390 e. The van der Waals surface area contributed by atoms with Gasteiger partial charge in [-0.05, 0) is 53.0 Å². The van der Waals surface area contributed by atoms with Crippen LogP contribution in [0.3, 0.4) is 0 Å². The molecule has 1 aliphatic heterocycles. The summed E-state index contributed by atoms with van der Waals surface area (Å²) >= 11 is 0. The van der Waals surface area contributed by atoms with Gasteiger partial charge in [0.15, 0.2) is 0 Å². The first kappa shape index (κ1) is 13.9. The molecule has 1 fully saturated rings. The van der Waals surface area contributed by atoms with Crippen molar-refractivity contribution >= 4 is 0 Å². The number of likely N-dealkylation sites (N-methyl/N-ethyl adjacent to an activating group) is 1. The molecule has 1 rings (SSSR count). The lowest BCUT2D eigenvalue weighted by atomic mass is 9.96. The molecule has 16 heavy (non-hydrogen) atoms. The van der Waals surface area contributed by atoms with E-state index in [2.05, 4.69) is 29.2 Å². The zero-order chi connectivity index (χ0) is 12.0. The number of likely N-dealkylation sites (tertiary alicyclic amines) is 1. The SMILES string of the molecule is CNCC(O)CN1CCC(CN(C)C)CC1. The van der Waals surface area contributed by atoms with E-state index in [1.165, 1.54) is 19.4 Å². The van der Waals surface area contributed by atoms with Gasteiger partial charge in [-0.25, -0.2) is 0 Å². The predicted molar refractivity (Wildman–Crippen MR) is 67.7 cm³/mol. The molecule has 0 radical (unpaired) electrons. The molecule has 0 bridgehead atoms. The summed E-state index contributed by atoms with van der Waals surface area (Å²) in [6, 6.07) is 0. The maximum atomic E-state index is 9.70. The average Bonchev–Trinajstić information content (AvgIpc) is 2.20. The van der Waals surface area contributed by atoms with Crippen LogP contribution < -0.4 is 5.32 Å². The van der Waals surface area contributed by atoms with Gasteiger partial charge in [0.05, 0.1) is 6.10 Å². The van der Waals surface area contributed by atoms with Gasteiger partial charge in [0.25, 0.3) is 0 Å². The third-order valence-electron chi connectivity index (χ3n) is 3.24. The number of aliphatic hydroxyl groups excluding tert-OH is 1. The summed E-state index contributed by atoms with van der Waals surface area (Å²) in [5.74, 6) is 0.840. The van der Waals surface area contributed by atoms with Crippen molar-refractivity contribution in [2.24, 2.45) is 5.92 Å². The maximum absolute atomic E-state index is 9.70. The van der Waals surface area contributed by atoms with Crippen molar-refractivity contribution in [2.75, 3.05) is 53.9 Å². The largest absolute Gasteiger partial charge is 0.390 e. The fourth-order valence-corrected chi connectivity index (χ4v) is 2.47. The highest BCUT2D eigenvalue weighted by Gasteiger charge is 2.20. The Balaban J connectivity index is 2.16. The highest BCUT2D eigenvalue weighted by Crippen LogP contribution is 2.17. The molecule has 1 heterocycles. The number of nitrogens with zero attached hydrogens (tertiary/aromatic N) is 2. The van der Waals surface area contributed by atoms with Gasteiger partial charge in [-0.1, -0.05) is 0 Å². The fourth-order valence-electron chi connectivity index (χ4n) is 2.47. The summed E-state index contributed by atoms with van der Waals surface area (Å²) in [6.07, 6.45) is 2.31. The first-order valence-electron chi connectivity index (χ1n) is 6.31. The van der Waals surface area contributed by atoms with Gasteiger partial charge in [-0.15, -0.1) is 0 Å². The van der Waals surface area contributed by atoms with Crippen molar-refractivity contribution in [2.45, 2.75) is 18.9 Å². The van der Waals surface area contributed by atoms with Crippen molar-refractivity contribution in [3.63, 3.8) is 0 Å². The molecule has 0 aromatic rings. The van der Waals surface area contributed by atoms with Crippen LogP contribution in [0.25, 0.3) is 0 Å². The average molecular weight is 229 g/mol. The fraction of sp³-hybridized carbons (Fsp3) is 1.00. The summed E-state index contributed by atoms with van der Waals surface area (Å²) in [5, 5.41) is 12.7. The Hall–Kier alpha value is -0.160. The van der Waals surface area contributed by atoms with Gasteiger partial charge in [-0.2, -0.15) is 0 Å². The summed E-state index contributed by atoms with van der Waals surface area (Å²) in [4.78, 5) is 4.66. The Bertz CT molecular complexity index is 179. The molecule has 0 amide bonds. The van der Waals surface area contributed by atoms with Gasteiger partial charge in [0.2, 0.25) is 0 Å². The van der Waals surface area contributed by atoms with Gasteiger partial charge in [-0.3, -0.25) is 0 Å². The molecule has 1 unspecified atom stereocenters. The molecule has 2 N–H and O–H groups in total. The van der Waals surface area contributed by atoms with E-state index < -0.39 is 0 Å². The van der Waals surface area contributed by atoms with Gasteiger partial charge in [0, 0.05) is 19.6 Å². The van der Waals surface area contributed by atoms with Crippen LogP contribution in [0.4, 0.5) is 0 Å². The van der Waals surface area contributed by atoms with Crippen LogP contribution in [0.1, 0.15) is 12.8 Å². The second-order valence-electron chi connectivity index (χ2n) is 5.22. The van der Waals surface area contributed by atoms with Crippen molar-refractivity contribution in [1.29, 1.82) is 0 Å². The topological polar surface area (TPSA) is 38.7 Å². The number of β-amino-alcohol motifs (C(OH)–C–C–N with tert-alkyl or cyclic N) is 1. The molecule has 1 atom stereocenters. The van der Waals surface area contributed by atoms with Gasteiger partial charge >= 0.3 is 0 Å². The third kappa shape index (κ3) is 5.25. The lowest BCUT2D eigenvalue weighted by Gasteiger charge is -2.34. The second-order valence-corrected chi connectivity index (χ2v) is 5.22. The van der Waals surface area contributed by atoms with Crippen molar-refractivity contribution in [1.82, 2.24) is 15.1 Å². The molecule has 4 heteroatoms. The van der Waals surface area contributed by atoms with Gasteiger partial charge in [0.1, 0.15) is 0 Å². The Morgan fingerprint density at radius 1 is 1.38 bits per heavy atom. The van der Waals surface area contributed by atoms with E-state index in [0.717, 1.165) is 25.6 Å². The molecule has 0 aromatic heterocycles. The minimum atomic E-state index is -0.226. The standard InChI is InChI=1S/C12H27N3O/c1-13-8-12(16)10-15-6-4-11(5-7-15)9-14(2)3/h11-13,16H,4-10H2,1-3H3. The Labute approximate surface area is 99.6 Å². The molecular formula is C12H27N3O. The van der Waals surface area contributed by atoms with Crippen LogP contribution in [0, 0.1) is 5.92 Å². The van der Waals surface area contributed by atoms with E-state index in [1.54, 1.807) is 0 Å². The lowest BCUT2D eigenvalue weighted by molar-refractivity contribution is 0.0854. The molecule has 0 spiro atoms. The predicted octanol–water partition coefficient (Wildman–Crippen LogP) is -0.160. The first-order valence-corrected chi connectivity index (χ1v) is 6.31. The van der Waals surface area contributed by atoms with Crippen LogP contribution >= 0.6 is 0 Å². The number of hydrogen-bond donors (Lipinski definition) is 2. The second kappa shape index (κ2) is 7.22. The van der Waals surface area contributed by atoms with Crippen LogP contribution in [0.15, 0.2) is 0 Å². The molecular weight excluding hydrogens is 202 g/mol. The number of rotatable bonds is 6. The molecule has 1 aliphatic rings. The van der Waals surface area contributed by atoms with Crippen LogP contribution in [-0.2, 0) is 0 Å². The quantitative estimate of drug-likeness (QED) is 0.664. The van der Waals surface area contributed by atoms with Crippen molar-refractivity contribution < 1.29 is 5.11 Å². The van der Waals surface area contributed by atoms with Crippen molar-refractivity contribution in [3.8, 4) is 0 Å². The summed E-state index contributed by atoms with van der Waals surface area (Å²) in [7, 11) is 6.17. The van der Waals surface area contributed by atoms with Crippen LogP contribution in [0.2, 0.25) is 0 Å². The van der Waals surface area contributed by atoms with Crippen LogP contribution in [-0.4, -0.2) is 74.9 Å². The lowest BCUT2D eigenvalue weighted by Crippen LogP contribution is -2.43.